The summed E-state index contributed by atoms with van der Waals surface area (Å²) in [5.74, 6) is -1.50. The largest absolute Gasteiger partial charge is 0.494 e. The maximum Gasteiger partial charge on any atom is 0.338 e. The molecule has 0 aliphatic rings. The molecule has 1 aromatic carbocycles. The quantitative estimate of drug-likeness (QED) is 0.817. The Bertz CT molecular complexity index is 516. The Morgan fingerprint density at radius 3 is 2.48 bits per heavy atom. The van der Waals surface area contributed by atoms with Gasteiger partial charge in [-0.15, -0.1) is 0 Å². The van der Waals surface area contributed by atoms with Crippen LogP contribution in [-0.2, 0) is 9.53 Å². The molecule has 5 nitrogen and oxygen atoms in total. The first-order valence-electron chi connectivity index (χ1n) is 6.65. The highest BCUT2D eigenvalue weighted by atomic mass is 19.1. The molecule has 0 heterocycles. The van der Waals surface area contributed by atoms with E-state index in [0.717, 1.165) is 6.07 Å². The molecule has 0 fully saturated rings. The highest BCUT2D eigenvalue weighted by molar-refractivity contribution is 5.91. The normalized spacial score (nSPS) is 11.9. The lowest BCUT2D eigenvalue weighted by molar-refractivity contribution is -0.125. The van der Waals surface area contributed by atoms with Crippen LogP contribution in [0.15, 0.2) is 18.2 Å². The molecular weight excluding hydrogens is 277 g/mol. The van der Waals surface area contributed by atoms with Gasteiger partial charge in [0.25, 0.3) is 5.91 Å². The molecule has 0 saturated carbocycles. The number of ether oxygens (including phenoxy) is 2. The molecule has 116 valence electrons. The number of carbonyl (C=O) groups excluding carboxylic acids is 2. The number of nitrogens with one attached hydrogen (secondary N) is 1. The highest BCUT2D eigenvalue weighted by Gasteiger charge is 2.15. The van der Waals surface area contributed by atoms with Gasteiger partial charge in [-0.2, -0.15) is 0 Å². The number of methoxy groups -OCH3 is 1. The van der Waals surface area contributed by atoms with Crippen LogP contribution in [0.1, 0.15) is 31.1 Å². The minimum atomic E-state index is -0.760. The summed E-state index contributed by atoms with van der Waals surface area (Å²) in [6, 6.07) is 3.69. The lowest BCUT2D eigenvalue weighted by Gasteiger charge is -2.17. The average Bonchev–Trinajstić information content (AvgIpc) is 2.44. The molecule has 0 aromatic heterocycles. The van der Waals surface area contributed by atoms with E-state index in [9.17, 15) is 14.0 Å². The van der Waals surface area contributed by atoms with E-state index < -0.39 is 24.3 Å². The van der Waals surface area contributed by atoms with Crippen molar-refractivity contribution >= 4 is 11.9 Å². The van der Waals surface area contributed by atoms with Crippen molar-refractivity contribution in [3.05, 3.63) is 29.6 Å². The van der Waals surface area contributed by atoms with Crippen LogP contribution in [0.5, 0.6) is 5.75 Å². The summed E-state index contributed by atoms with van der Waals surface area (Å²) in [6.07, 6.45) is 0. The molecular formula is C15H20FNO4. The van der Waals surface area contributed by atoms with Crippen molar-refractivity contribution in [2.24, 2.45) is 5.92 Å². The highest BCUT2D eigenvalue weighted by Crippen LogP contribution is 2.18. The van der Waals surface area contributed by atoms with Crippen molar-refractivity contribution in [2.75, 3.05) is 13.7 Å². The van der Waals surface area contributed by atoms with Crippen molar-refractivity contribution in [1.82, 2.24) is 5.32 Å². The molecule has 0 spiro atoms. The standard InChI is InChI=1S/C15H20FNO4/c1-9(2)10(3)17-14(18)8-21-15(19)11-5-6-13(20-4)12(16)7-11/h5-7,9-10H,8H2,1-4H3,(H,17,18)/t10-/m0/s1. The molecule has 0 unspecified atom stereocenters. The topological polar surface area (TPSA) is 64.6 Å². The van der Waals surface area contributed by atoms with E-state index in [1.165, 1.54) is 19.2 Å². The van der Waals surface area contributed by atoms with Crippen molar-refractivity contribution in [3.63, 3.8) is 0 Å². The molecule has 6 heteroatoms. The minimum Gasteiger partial charge on any atom is -0.494 e. The van der Waals surface area contributed by atoms with Gasteiger partial charge in [0.1, 0.15) is 0 Å². The van der Waals surface area contributed by atoms with Crippen LogP contribution < -0.4 is 10.1 Å². The third-order valence-corrected chi connectivity index (χ3v) is 3.11. The number of hydrogen-bond donors (Lipinski definition) is 1. The Labute approximate surface area is 123 Å². The van der Waals surface area contributed by atoms with Gasteiger partial charge in [-0.1, -0.05) is 13.8 Å². The Balaban J connectivity index is 2.54. The Morgan fingerprint density at radius 1 is 1.29 bits per heavy atom. The summed E-state index contributed by atoms with van der Waals surface area (Å²) >= 11 is 0. The summed E-state index contributed by atoms with van der Waals surface area (Å²) in [5, 5.41) is 2.71. The first-order valence-corrected chi connectivity index (χ1v) is 6.65. The van der Waals surface area contributed by atoms with Crippen molar-refractivity contribution < 1.29 is 23.5 Å². The number of amides is 1. The second-order valence-electron chi connectivity index (χ2n) is 5.03. The first-order chi connectivity index (χ1) is 9.85. The van der Waals surface area contributed by atoms with Gasteiger partial charge in [-0.25, -0.2) is 9.18 Å². The van der Waals surface area contributed by atoms with Crippen LogP contribution in [0.4, 0.5) is 4.39 Å². The van der Waals surface area contributed by atoms with Crippen molar-refractivity contribution in [3.8, 4) is 5.75 Å². The van der Waals surface area contributed by atoms with Gasteiger partial charge in [0, 0.05) is 6.04 Å². The summed E-state index contributed by atoms with van der Waals surface area (Å²) in [7, 11) is 1.33. The van der Waals surface area contributed by atoms with Crippen LogP contribution in [0, 0.1) is 11.7 Å². The van der Waals surface area contributed by atoms with E-state index >= 15 is 0 Å². The molecule has 1 amide bonds. The molecule has 0 aliphatic heterocycles. The van der Waals surface area contributed by atoms with Crippen LogP contribution in [-0.4, -0.2) is 31.6 Å². The zero-order chi connectivity index (χ0) is 16.0. The molecule has 0 aliphatic carbocycles. The minimum absolute atomic E-state index is 0.0189. The third kappa shape index (κ3) is 5.06. The zero-order valence-electron chi connectivity index (χ0n) is 12.6. The van der Waals surface area contributed by atoms with Crippen LogP contribution in [0.3, 0.4) is 0 Å². The van der Waals surface area contributed by atoms with Crippen molar-refractivity contribution in [1.29, 1.82) is 0 Å². The van der Waals surface area contributed by atoms with E-state index in [2.05, 4.69) is 5.32 Å². The van der Waals surface area contributed by atoms with E-state index in [4.69, 9.17) is 9.47 Å². The summed E-state index contributed by atoms with van der Waals surface area (Å²) in [6.45, 7) is 5.40. The summed E-state index contributed by atoms with van der Waals surface area (Å²) in [4.78, 5) is 23.3. The van der Waals surface area contributed by atoms with Crippen LogP contribution in [0.2, 0.25) is 0 Å². The molecule has 1 aromatic rings. The zero-order valence-corrected chi connectivity index (χ0v) is 12.6. The fourth-order valence-electron chi connectivity index (χ4n) is 1.47. The lowest BCUT2D eigenvalue weighted by Crippen LogP contribution is -2.38. The number of hydrogen-bond acceptors (Lipinski definition) is 4. The lowest BCUT2D eigenvalue weighted by atomic mass is 10.1. The van der Waals surface area contributed by atoms with Gasteiger partial charge in [0.2, 0.25) is 0 Å². The van der Waals surface area contributed by atoms with Gasteiger partial charge < -0.3 is 14.8 Å². The average molecular weight is 297 g/mol. The Morgan fingerprint density at radius 2 is 1.95 bits per heavy atom. The van der Waals surface area contributed by atoms with E-state index in [0.29, 0.717) is 0 Å². The second kappa shape index (κ2) is 7.61. The molecule has 0 radical (unpaired) electrons. The molecule has 1 rings (SSSR count). The summed E-state index contributed by atoms with van der Waals surface area (Å²) < 4.78 is 23.1. The number of rotatable bonds is 6. The van der Waals surface area contributed by atoms with Crippen molar-refractivity contribution in [2.45, 2.75) is 26.8 Å². The third-order valence-electron chi connectivity index (χ3n) is 3.11. The second-order valence-corrected chi connectivity index (χ2v) is 5.03. The Hall–Kier alpha value is -2.11. The maximum atomic E-state index is 13.5. The molecule has 0 saturated heterocycles. The van der Waals surface area contributed by atoms with Gasteiger partial charge in [-0.3, -0.25) is 4.79 Å². The first kappa shape index (κ1) is 16.9. The molecule has 1 atom stereocenters. The summed E-state index contributed by atoms with van der Waals surface area (Å²) in [5.41, 5.74) is 0.0259. The monoisotopic (exact) mass is 297 g/mol. The maximum absolute atomic E-state index is 13.5. The van der Waals surface area contributed by atoms with E-state index in [1.807, 2.05) is 20.8 Å². The number of benzene rings is 1. The van der Waals surface area contributed by atoms with Crippen LogP contribution >= 0.6 is 0 Å². The molecule has 0 bridgehead atoms. The number of halogens is 1. The van der Waals surface area contributed by atoms with Gasteiger partial charge >= 0.3 is 5.97 Å². The Kier molecular flexibility index (Phi) is 6.14. The molecule has 1 N–H and O–H groups in total. The van der Waals surface area contributed by atoms with E-state index in [1.54, 1.807) is 0 Å². The predicted molar refractivity (Wildman–Crippen MR) is 75.7 cm³/mol. The fraction of sp³-hybridized carbons (Fsp3) is 0.467. The smallest absolute Gasteiger partial charge is 0.338 e. The van der Waals surface area contributed by atoms with Gasteiger partial charge in [-0.05, 0) is 31.0 Å². The molecule has 21 heavy (non-hydrogen) atoms. The van der Waals surface area contributed by atoms with E-state index in [-0.39, 0.29) is 23.3 Å². The van der Waals surface area contributed by atoms with Gasteiger partial charge in [0.05, 0.1) is 12.7 Å². The number of esters is 1. The number of carbonyl (C=O) groups is 2. The van der Waals surface area contributed by atoms with Gasteiger partial charge in [0.15, 0.2) is 18.2 Å². The predicted octanol–water partition coefficient (Wildman–Crippen LogP) is 2.15. The fourth-order valence-corrected chi connectivity index (χ4v) is 1.47. The SMILES string of the molecule is COc1ccc(C(=O)OCC(=O)N[C@@H](C)C(C)C)cc1F. The van der Waals surface area contributed by atoms with Crippen LogP contribution in [0.25, 0.3) is 0 Å².